The molecule has 4 aromatic carbocycles. The van der Waals surface area contributed by atoms with Gasteiger partial charge in [0.1, 0.15) is 0 Å². The van der Waals surface area contributed by atoms with Crippen molar-refractivity contribution in [2.24, 2.45) is 0 Å². The molecule has 0 aliphatic rings. The Morgan fingerprint density at radius 3 is 2.11 bits per heavy atom. The molecule has 0 N–H and O–H groups in total. The molecule has 5 aromatic rings. The van der Waals surface area contributed by atoms with Crippen molar-refractivity contribution in [3.63, 3.8) is 0 Å². The van der Waals surface area contributed by atoms with E-state index in [0.717, 1.165) is 6.42 Å². The van der Waals surface area contributed by atoms with Gasteiger partial charge >= 0.3 is 172 Å². The van der Waals surface area contributed by atoms with E-state index in [0.29, 0.717) is 14.5 Å². The molecule has 0 fully saturated rings. The molecule has 1 aromatic heterocycles. The molecule has 0 bridgehead atoms. The molecule has 5 rings (SSSR count). The van der Waals surface area contributed by atoms with Gasteiger partial charge in [-0.3, -0.25) is 0 Å². The van der Waals surface area contributed by atoms with E-state index in [1.807, 2.05) is 0 Å². The Labute approximate surface area is 171 Å². The first-order chi connectivity index (χ1) is 13.9. The molecule has 0 spiro atoms. The Morgan fingerprint density at radius 2 is 1.29 bits per heavy atom. The zero-order valence-corrected chi connectivity index (χ0v) is 17.2. The predicted molar refractivity (Wildman–Crippen MR) is 121 cm³/mol. The first-order valence-electron chi connectivity index (χ1n) is 9.59. The molecular weight excluding hydrogens is 403 g/mol. The summed E-state index contributed by atoms with van der Waals surface area (Å²) in [5.41, 5.74) is 5.58. The molecule has 0 radical (unpaired) electrons. The molecule has 0 saturated carbocycles. The molecule has 0 unspecified atom stereocenters. The Morgan fingerprint density at radius 1 is 0.607 bits per heavy atom. The molecule has 28 heavy (non-hydrogen) atoms. The number of hydrogen-bond donors (Lipinski definition) is 0. The van der Waals surface area contributed by atoms with Gasteiger partial charge in [0.05, 0.1) is 0 Å². The van der Waals surface area contributed by atoms with Gasteiger partial charge in [0, 0.05) is 0 Å². The second-order valence-electron chi connectivity index (χ2n) is 7.02. The third kappa shape index (κ3) is 3.36. The van der Waals surface area contributed by atoms with Crippen LogP contribution in [0, 0.1) is 0 Å². The predicted octanol–water partition coefficient (Wildman–Crippen LogP) is 6.82. The molecule has 0 aliphatic carbocycles. The van der Waals surface area contributed by atoms with Crippen molar-refractivity contribution in [3.8, 4) is 20.0 Å². The molecule has 0 saturated heterocycles. The third-order valence-electron chi connectivity index (χ3n) is 5.14. The zero-order chi connectivity index (χ0) is 18.8. The fourth-order valence-corrected chi connectivity index (χ4v) is 6.34. The van der Waals surface area contributed by atoms with Gasteiger partial charge in [0.2, 0.25) is 0 Å². The average molecular weight is 423 g/mol. The minimum atomic E-state index is 0.301. The molecule has 0 aliphatic heterocycles. The van der Waals surface area contributed by atoms with Crippen LogP contribution in [0.15, 0.2) is 109 Å². The van der Waals surface area contributed by atoms with E-state index in [4.69, 9.17) is 0 Å². The molecule has 1 heteroatoms. The van der Waals surface area contributed by atoms with E-state index < -0.39 is 0 Å². The Balaban J connectivity index is 1.70. The summed E-state index contributed by atoms with van der Waals surface area (Å²) in [4.78, 5) is 0. The topological polar surface area (TPSA) is 0 Å². The summed E-state index contributed by atoms with van der Waals surface area (Å²) in [6, 6.07) is 39.6. The first kappa shape index (κ1) is 17.3. The van der Waals surface area contributed by atoms with Crippen molar-refractivity contribution in [2.45, 2.75) is 6.42 Å². The summed E-state index contributed by atoms with van der Waals surface area (Å²) >= 11 is 0.301. The molecule has 134 valence electrons. The SMILES string of the molecule is c1ccc(Cc2cc(-c3ccccc3)[se]c2-c2cccc3ccccc23)cc1. The fourth-order valence-electron chi connectivity index (χ4n) is 3.77. The van der Waals surface area contributed by atoms with Crippen LogP contribution in [0.5, 0.6) is 0 Å². The normalized spacial score (nSPS) is 11.0. The standard InChI is InChI=1S/C27H20Se/c1-3-10-20(11-4-1)18-23-19-26(22-13-5-2-6-14-22)28-27(23)25-17-9-15-21-12-7-8-16-24(21)25/h1-17,19H,18H2. The maximum absolute atomic E-state index is 2.44. The van der Waals surface area contributed by atoms with Crippen LogP contribution in [0.4, 0.5) is 0 Å². The summed E-state index contributed by atoms with van der Waals surface area (Å²) in [7, 11) is 0. The van der Waals surface area contributed by atoms with Crippen molar-refractivity contribution in [3.05, 3.63) is 120 Å². The van der Waals surface area contributed by atoms with Gasteiger partial charge in [-0.25, -0.2) is 0 Å². The number of rotatable bonds is 4. The summed E-state index contributed by atoms with van der Waals surface area (Å²) < 4.78 is 2.99. The van der Waals surface area contributed by atoms with Crippen LogP contribution >= 0.6 is 0 Å². The molecule has 0 atom stereocenters. The second kappa shape index (κ2) is 7.64. The molecular formula is C27H20Se. The van der Waals surface area contributed by atoms with Crippen molar-refractivity contribution >= 4 is 25.3 Å². The van der Waals surface area contributed by atoms with E-state index in [9.17, 15) is 0 Å². The van der Waals surface area contributed by atoms with Crippen molar-refractivity contribution < 1.29 is 0 Å². The van der Waals surface area contributed by atoms with Crippen LogP contribution < -0.4 is 0 Å². The maximum atomic E-state index is 2.44. The van der Waals surface area contributed by atoms with E-state index >= 15 is 0 Å². The Kier molecular flexibility index (Phi) is 4.71. The van der Waals surface area contributed by atoms with Gasteiger partial charge in [-0.05, 0) is 0 Å². The summed E-state index contributed by atoms with van der Waals surface area (Å²) in [5.74, 6) is 0. The van der Waals surface area contributed by atoms with Crippen LogP contribution in [-0.2, 0) is 6.42 Å². The van der Waals surface area contributed by atoms with Gasteiger partial charge in [-0.2, -0.15) is 0 Å². The van der Waals surface area contributed by atoms with E-state index in [2.05, 4.69) is 109 Å². The minimum absolute atomic E-state index is 0.301. The monoisotopic (exact) mass is 424 g/mol. The second-order valence-corrected chi connectivity index (χ2v) is 9.23. The Bertz CT molecular complexity index is 1210. The van der Waals surface area contributed by atoms with Crippen molar-refractivity contribution in [1.82, 2.24) is 0 Å². The number of fused-ring (bicyclic) bond motifs is 1. The van der Waals surface area contributed by atoms with Crippen LogP contribution in [0.25, 0.3) is 30.8 Å². The number of hydrogen-bond acceptors (Lipinski definition) is 0. The Hall–Kier alpha value is -2.86. The van der Waals surface area contributed by atoms with E-state index in [-0.39, 0.29) is 0 Å². The third-order valence-corrected chi connectivity index (χ3v) is 7.78. The van der Waals surface area contributed by atoms with E-state index in [1.54, 1.807) is 0 Å². The van der Waals surface area contributed by atoms with E-state index in [1.165, 1.54) is 41.9 Å². The van der Waals surface area contributed by atoms with Crippen molar-refractivity contribution in [1.29, 1.82) is 0 Å². The van der Waals surface area contributed by atoms with Crippen molar-refractivity contribution in [2.75, 3.05) is 0 Å². The van der Waals surface area contributed by atoms with Crippen LogP contribution in [0.1, 0.15) is 11.1 Å². The van der Waals surface area contributed by atoms with Gasteiger partial charge in [0.25, 0.3) is 0 Å². The van der Waals surface area contributed by atoms with Crippen LogP contribution in [0.3, 0.4) is 0 Å². The van der Waals surface area contributed by atoms with Gasteiger partial charge < -0.3 is 0 Å². The fraction of sp³-hybridized carbons (Fsp3) is 0.0370. The van der Waals surface area contributed by atoms with Crippen LogP contribution in [-0.4, -0.2) is 14.5 Å². The van der Waals surface area contributed by atoms with Gasteiger partial charge in [-0.1, -0.05) is 0 Å². The van der Waals surface area contributed by atoms with Crippen LogP contribution in [0.2, 0.25) is 0 Å². The average Bonchev–Trinajstić information content (AvgIpc) is 3.18. The first-order valence-corrected chi connectivity index (χ1v) is 11.3. The quantitative estimate of drug-likeness (QED) is 0.278. The molecule has 0 amide bonds. The molecule has 1 heterocycles. The zero-order valence-electron chi connectivity index (χ0n) is 15.5. The number of benzene rings is 4. The summed E-state index contributed by atoms with van der Waals surface area (Å²) in [6.07, 6.45) is 0.984. The summed E-state index contributed by atoms with van der Waals surface area (Å²) in [5, 5.41) is 2.67. The van der Waals surface area contributed by atoms with Gasteiger partial charge in [0.15, 0.2) is 0 Å². The summed E-state index contributed by atoms with van der Waals surface area (Å²) in [6.45, 7) is 0. The molecule has 0 nitrogen and oxygen atoms in total. The van der Waals surface area contributed by atoms with Gasteiger partial charge in [-0.15, -0.1) is 0 Å².